The monoisotopic (exact) mass is 276 g/mol. The first-order valence-electron chi connectivity index (χ1n) is 6.87. The van der Waals surface area contributed by atoms with E-state index in [1.165, 1.54) is 17.7 Å². The van der Waals surface area contributed by atoms with E-state index in [9.17, 15) is 10.2 Å². The Morgan fingerprint density at radius 2 is 1.43 bits per heavy atom. The third-order valence-electron chi connectivity index (χ3n) is 3.49. The maximum atomic E-state index is 9.87. The minimum Gasteiger partial charge on any atom is -0.508 e. The van der Waals surface area contributed by atoms with Crippen molar-refractivity contribution in [2.45, 2.75) is 6.42 Å². The molecule has 2 nitrogen and oxygen atoms in total. The molecule has 0 amide bonds. The van der Waals surface area contributed by atoms with Gasteiger partial charge in [0.05, 0.1) is 0 Å². The van der Waals surface area contributed by atoms with Gasteiger partial charge >= 0.3 is 0 Å². The molecule has 2 N–H and O–H groups in total. The van der Waals surface area contributed by atoms with Crippen molar-refractivity contribution in [3.05, 3.63) is 83.9 Å². The van der Waals surface area contributed by atoms with Crippen molar-refractivity contribution in [1.29, 1.82) is 0 Å². The van der Waals surface area contributed by atoms with Gasteiger partial charge in [-0.05, 0) is 34.9 Å². The molecule has 0 saturated heterocycles. The van der Waals surface area contributed by atoms with Crippen molar-refractivity contribution < 1.29 is 10.2 Å². The molecule has 0 heterocycles. The minimum atomic E-state index is 0.169. The van der Waals surface area contributed by atoms with Crippen LogP contribution in [0.4, 0.5) is 0 Å². The number of aromatic hydroxyl groups is 2. The van der Waals surface area contributed by atoms with Gasteiger partial charge < -0.3 is 10.2 Å². The van der Waals surface area contributed by atoms with Crippen LogP contribution in [0.25, 0.3) is 11.1 Å². The largest absolute Gasteiger partial charge is 0.508 e. The molecule has 0 bridgehead atoms. The van der Waals surface area contributed by atoms with Gasteiger partial charge in [0.15, 0.2) is 0 Å². The number of phenols is 2. The molecule has 3 aromatic rings. The molecular formula is C19H16O2. The third-order valence-corrected chi connectivity index (χ3v) is 3.49. The zero-order valence-electron chi connectivity index (χ0n) is 11.5. The second-order valence-corrected chi connectivity index (χ2v) is 5.06. The predicted octanol–water partition coefficient (Wildman–Crippen LogP) is 4.36. The summed E-state index contributed by atoms with van der Waals surface area (Å²) >= 11 is 0. The van der Waals surface area contributed by atoms with Crippen LogP contribution in [0.5, 0.6) is 11.5 Å². The summed E-state index contributed by atoms with van der Waals surface area (Å²) in [7, 11) is 0. The molecule has 0 atom stereocenters. The van der Waals surface area contributed by atoms with Crippen LogP contribution in [0.15, 0.2) is 72.8 Å². The average Bonchev–Trinajstić information content (AvgIpc) is 2.52. The lowest BCUT2D eigenvalue weighted by atomic mass is 9.99. The molecule has 3 rings (SSSR count). The van der Waals surface area contributed by atoms with Crippen LogP contribution in [0.2, 0.25) is 0 Å². The lowest BCUT2D eigenvalue weighted by Crippen LogP contribution is -1.90. The summed E-state index contributed by atoms with van der Waals surface area (Å²) in [6, 6.07) is 23.0. The van der Waals surface area contributed by atoms with E-state index in [1.807, 2.05) is 30.3 Å². The Balaban J connectivity index is 1.92. The van der Waals surface area contributed by atoms with E-state index in [-0.39, 0.29) is 11.5 Å². The summed E-state index contributed by atoms with van der Waals surface area (Å²) in [5, 5.41) is 19.4. The van der Waals surface area contributed by atoms with E-state index in [1.54, 1.807) is 6.07 Å². The van der Waals surface area contributed by atoms with Crippen molar-refractivity contribution in [3.8, 4) is 22.6 Å². The Labute approximate surface area is 123 Å². The molecule has 104 valence electrons. The third kappa shape index (κ3) is 3.06. The molecule has 0 unspecified atom stereocenters. The van der Waals surface area contributed by atoms with Crippen LogP contribution in [-0.4, -0.2) is 10.2 Å². The van der Waals surface area contributed by atoms with Crippen molar-refractivity contribution in [2.24, 2.45) is 0 Å². The average molecular weight is 276 g/mol. The summed E-state index contributed by atoms with van der Waals surface area (Å²) in [5.74, 6) is 0.375. The topological polar surface area (TPSA) is 40.5 Å². The zero-order chi connectivity index (χ0) is 14.7. The molecule has 0 saturated carbocycles. The van der Waals surface area contributed by atoms with Gasteiger partial charge in [-0.15, -0.1) is 0 Å². The van der Waals surface area contributed by atoms with E-state index < -0.39 is 0 Å². The van der Waals surface area contributed by atoms with E-state index >= 15 is 0 Å². The highest BCUT2D eigenvalue weighted by atomic mass is 16.3. The molecule has 0 aliphatic rings. The van der Waals surface area contributed by atoms with Crippen LogP contribution >= 0.6 is 0 Å². The number of phenolic OH excluding ortho intramolecular Hbond substituents is 2. The second kappa shape index (κ2) is 5.71. The van der Waals surface area contributed by atoms with Crippen LogP contribution in [0.1, 0.15) is 11.1 Å². The Hall–Kier alpha value is -2.74. The van der Waals surface area contributed by atoms with Crippen LogP contribution in [0, 0.1) is 0 Å². The maximum absolute atomic E-state index is 9.87. The lowest BCUT2D eigenvalue weighted by molar-refractivity contribution is 0.455. The Bertz CT molecular complexity index is 749. The van der Waals surface area contributed by atoms with Crippen LogP contribution < -0.4 is 0 Å². The highest BCUT2D eigenvalue weighted by molar-refractivity contribution is 5.64. The fourth-order valence-electron chi connectivity index (χ4n) is 2.42. The van der Waals surface area contributed by atoms with Crippen molar-refractivity contribution in [2.75, 3.05) is 0 Å². The Kier molecular flexibility index (Phi) is 3.61. The molecule has 0 aliphatic heterocycles. The molecular weight excluding hydrogens is 260 g/mol. The van der Waals surface area contributed by atoms with Crippen LogP contribution in [-0.2, 0) is 6.42 Å². The first-order chi connectivity index (χ1) is 10.2. The highest BCUT2D eigenvalue weighted by Gasteiger charge is 2.05. The lowest BCUT2D eigenvalue weighted by Gasteiger charge is -2.08. The predicted molar refractivity (Wildman–Crippen MR) is 84.5 cm³/mol. The van der Waals surface area contributed by atoms with Gasteiger partial charge in [-0.3, -0.25) is 0 Å². The van der Waals surface area contributed by atoms with Crippen molar-refractivity contribution in [1.82, 2.24) is 0 Å². The standard InChI is InChI=1S/C19H16O2/c20-18-9-10-19(21)17(13-18)12-14-5-4-8-16(11-14)15-6-2-1-3-7-15/h1-11,13,20-21H,12H2. The Morgan fingerprint density at radius 3 is 2.24 bits per heavy atom. The number of hydrogen-bond acceptors (Lipinski definition) is 2. The van der Waals surface area contributed by atoms with E-state index in [0.29, 0.717) is 6.42 Å². The normalized spacial score (nSPS) is 10.5. The van der Waals surface area contributed by atoms with Gasteiger partial charge in [-0.1, -0.05) is 54.6 Å². The van der Waals surface area contributed by atoms with Crippen LogP contribution in [0.3, 0.4) is 0 Å². The fraction of sp³-hybridized carbons (Fsp3) is 0.0526. The summed E-state index contributed by atoms with van der Waals surface area (Å²) in [6.07, 6.45) is 0.584. The fourth-order valence-corrected chi connectivity index (χ4v) is 2.42. The highest BCUT2D eigenvalue weighted by Crippen LogP contribution is 2.26. The quantitative estimate of drug-likeness (QED) is 0.698. The molecule has 0 aromatic heterocycles. The first-order valence-corrected chi connectivity index (χ1v) is 6.87. The zero-order valence-corrected chi connectivity index (χ0v) is 11.5. The number of benzene rings is 3. The summed E-state index contributed by atoms with van der Waals surface area (Å²) in [6.45, 7) is 0. The van der Waals surface area contributed by atoms with Gasteiger partial charge in [-0.25, -0.2) is 0 Å². The van der Waals surface area contributed by atoms with Gasteiger partial charge in [-0.2, -0.15) is 0 Å². The maximum Gasteiger partial charge on any atom is 0.119 e. The smallest absolute Gasteiger partial charge is 0.119 e. The van der Waals surface area contributed by atoms with Crippen molar-refractivity contribution in [3.63, 3.8) is 0 Å². The molecule has 3 aromatic carbocycles. The molecule has 2 heteroatoms. The Morgan fingerprint density at radius 1 is 0.667 bits per heavy atom. The summed E-state index contributed by atoms with van der Waals surface area (Å²) < 4.78 is 0. The van der Waals surface area contributed by atoms with Gasteiger partial charge in [0.2, 0.25) is 0 Å². The molecule has 0 aliphatic carbocycles. The van der Waals surface area contributed by atoms with E-state index in [2.05, 4.69) is 24.3 Å². The van der Waals surface area contributed by atoms with Crippen molar-refractivity contribution >= 4 is 0 Å². The number of rotatable bonds is 3. The summed E-state index contributed by atoms with van der Waals surface area (Å²) in [4.78, 5) is 0. The first kappa shape index (κ1) is 13.3. The molecule has 0 spiro atoms. The molecule has 21 heavy (non-hydrogen) atoms. The van der Waals surface area contributed by atoms with E-state index in [0.717, 1.165) is 16.7 Å². The van der Waals surface area contributed by atoms with E-state index in [4.69, 9.17) is 0 Å². The van der Waals surface area contributed by atoms with Gasteiger partial charge in [0, 0.05) is 12.0 Å². The summed E-state index contributed by atoms with van der Waals surface area (Å²) in [5.41, 5.74) is 4.13. The molecule has 0 fully saturated rings. The van der Waals surface area contributed by atoms with Gasteiger partial charge in [0.25, 0.3) is 0 Å². The molecule has 0 radical (unpaired) electrons. The number of hydrogen-bond donors (Lipinski definition) is 2. The minimum absolute atomic E-state index is 0.169. The van der Waals surface area contributed by atoms with Gasteiger partial charge in [0.1, 0.15) is 11.5 Å². The second-order valence-electron chi connectivity index (χ2n) is 5.06. The SMILES string of the molecule is Oc1ccc(O)c(Cc2cccc(-c3ccccc3)c2)c1.